The summed E-state index contributed by atoms with van der Waals surface area (Å²) < 4.78 is 17.5. The van der Waals surface area contributed by atoms with Crippen LogP contribution in [-0.4, -0.2) is 24.5 Å². The van der Waals surface area contributed by atoms with E-state index < -0.39 is 22.3 Å². The highest BCUT2D eigenvalue weighted by atomic mass is 19.1. The van der Waals surface area contributed by atoms with E-state index in [4.69, 9.17) is 0 Å². The maximum atomic E-state index is 12.9. The highest BCUT2D eigenvalue weighted by Crippen LogP contribution is 2.21. The van der Waals surface area contributed by atoms with Crippen LogP contribution < -0.4 is 5.32 Å². The molecular weight excluding hydrogens is 219 g/mol. The van der Waals surface area contributed by atoms with Crippen molar-refractivity contribution < 1.29 is 18.8 Å². The van der Waals surface area contributed by atoms with Crippen LogP contribution in [0.4, 0.5) is 15.8 Å². The Morgan fingerprint density at radius 2 is 2.31 bits per heavy atom. The number of hydrogen-bond donors (Lipinski definition) is 1. The third kappa shape index (κ3) is 2.99. The van der Waals surface area contributed by atoms with Gasteiger partial charge in [-0.1, -0.05) is 0 Å². The van der Waals surface area contributed by atoms with Crippen molar-refractivity contribution in [2.24, 2.45) is 0 Å². The number of nitrogens with zero attached hydrogens (tertiary/aromatic N) is 1. The molecule has 0 saturated carbocycles. The van der Waals surface area contributed by atoms with Gasteiger partial charge in [0.05, 0.1) is 4.92 Å². The minimum Gasteiger partial charge on any atom is -0.375 e. The van der Waals surface area contributed by atoms with Crippen LogP contribution in [0.2, 0.25) is 0 Å². The fraction of sp³-hybridized carbons (Fsp3) is 0.222. The van der Waals surface area contributed by atoms with Crippen LogP contribution in [0.3, 0.4) is 0 Å². The van der Waals surface area contributed by atoms with E-state index >= 15 is 0 Å². The number of nitrogens with one attached hydrogen (secondary N) is 1. The number of amides is 1. The number of rotatable bonds is 4. The van der Waals surface area contributed by atoms with Gasteiger partial charge in [-0.05, 0) is 12.1 Å². The monoisotopic (exact) mass is 228 g/mol. The zero-order valence-corrected chi connectivity index (χ0v) is 8.40. The van der Waals surface area contributed by atoms with Gasteiger partial charge in [-0.3, -0.25) is 14.9 Å². The smallest absolute Gasteiger partial charge is 0.306 e. The van der Waals surface area contributed by atoms with Crippen LogP contribution >= 0.6 is 0 Å². The van der Waals surface area contributed by atoms with Gasteiger partial charge >= 0.3 is 5.69 Å². The Labute approximate surface area is 90.2 Å². The van der Waals surface area contributed by atoms with E-state index in [2.05, 4.69) is 10.1 Å². The minimum atomic E-state index is -0.949. The highest BCUT2D eigenvalue weighted by Gasteiger charge is 2.15. The summed E-state index contributed by atoms with van der Waals surface area (Å²) in [7, 11) is 1.34. The molecule has 7 heteroatoms. The van der Waals surface area contributed by atoms with Crippen molar-refractivity contribution in [3.8, 4) is 0 Å². The van der Waals surface area contributed by atoms with Crippen LogP contribution in [0.5, 0.6) is 0 Å². The number of carbonyl (C=O) groups excluding carboxylic acids is 1. The molecule has 0 aromatic heterocycles. The molecule has 0 heterocycles. The van der Waals surface area contributed by atoms with Gasteiger partial charge in [0.25, 0.3) is 0 Å². The molecule has 0 bridgehead atoms. The molecule has 1 aromatic rings. The molecule has 0 radical (unpaired) electrons. The molecule has 0 atom stereocenters. The Hall–Kier alpha value is -2.02. The molecule has 0 aliphatic rings. The quantitative estimate of drug-likeness (QED) is 0.622. The number of carbonyl (C=O) groups is 1. The summed E-state index contributed by atoms with van der Waals surface area (Å²) in [4.78, 5) is 20.6. The first kappa shape index (κ1) is 12.1. The molecule has 0 unspecified atom stereocenters. The first-order valence-corrected chi connectivity index (χ1v) is 4.27. The summed E-state index contributed by atoms with van der Waals surface area (Å²) in [5, 5.41) is 12.7. The lowest BCUT2D eigenvalue weighted by Crippen LogP contribution is -2.17. The van der Waals surface area contributed by atoms with Crippen molar-refractivity contribution in [2.45, 2.75) is 0 Å². The van der Waals surface area contributed by atoms with Crippen molar-refractivity contribution in [3.05, 3.63) is 34.1 Å². The van der Waals surface area contributed by atoms with Gasteiger partial charge in [-0.2, -0.15) is 4.39 Å². The molecule has 0 saturated heterocycles. The number of ether oxygens (including phenoxy) is 1. The van der Waals surface area contributed by atoms with E-state index in [1.807, 2.05) is 0 Å². The summed E-state index contributed by atoms with van der Waals surface area (Å²) in [6.07, 6.45) is 0. The average molecular weight is 228 g/mol. The van der Waals surface area contributed by atoms with E-state index in [1.165, 1.54) is 13.2 Å². The summed E-state index contributed by atoms with van der Waals surface area (Å²) in [6, 6.07) is 3.10. The van der Waals surface area contributed by atoms with Crippen molar-refractivity contribution in [1.82, 2.24) is 0 Å². The lowest BCUT2D eigenvalue weighted by Gasteiger charge is -2.04. The molecule has 1 amide bonds. The summed E-state index contributed by atoms with van der Waals surface area (Å²) in [6.45, 7) is -0.175. The molecule has 6 nitrogen and oxygen atoms in total. The number of methoxy groups -OCH3 is 1. The molecule has 0 aliphatic heterocycles. The van der Waals surface area contributed by atoms with Gasteiger partial charge in [-0.15, -0.1) is 0 Å². The number of nitro groups is 1. The lowest BCUT2D eigenvalue weighted by atomic mass is 10.2. The minimum absolute atomic E-state index is 0.148. The zero-order valence-electron chi connectivity index (χ0n) is 8.40. The van der Waals surface area contributed by atoms with Crippen LogP contribution in [0.25, 0.3) is 0 Å². The van der Waals surface area contributed by atoms with Crippen molar-refractivity contribution in [3.63, 3.8) is 0 Å². The second-order valence-corrected chi connectivity index (χ2v) is 2.90. The molecule has 1 rings (SSSR count). The molecule has 0 aliphatic carbocycles. The molecule has 0 spiro atoms. The largest absolute Gasteiger partial charge is 0.375 e. The third-order valence-electron chi connectivity index (χ3n) is 1.70. The molecule has 86 valence electrons. The number of anilines is 1. The Bertz CT molecular complexity index is 422. The number of nitro benzene ring substituents is 1. The predicted molar refractivity (Wildman–Crippen MR) is 53.6 cm³/mol. The molecule has 0 fully saturated rings. The topological polar surface area (TPSA) is 81.5 Å². The van der Waals surface area contributed by atoms with E-state index in [9.17, 15) is 19.3 Å². The van der Waals surface area contributed by atoms with Crippen molar-refractivity contribution >= 4 is 17.3 Å². The maximum Gasteiger partial charge on any atom is 0.306 e. The summed E-state index contributed by atoms with van der Waals surface area (Å²) in [5.41, 5.74) is -0.537. The normalized spacial score (nSPS) is 9.88. The van der Waals surface area contributed by atoms with Crippen LogP contribution in [-0.2, 0) is 9.53 Å². The predicted octanol–water partition coefficient (Wildman–Crippen LogP) is 1.32. The Morgan fingerprint density at radius 3 is 2.88 bits per heavy atom. The van der Waals surface area contributed by atoms with Gasteiger partial charge in [0, 0.05) is 18.9 Å². The number of halogens is 1. The summed E-state index contributed by atoms with van der Waals surface area (Å²) >= 11 is 0. The van der Waals surface area contributed by atoms with Gasteiger partial charge in [0.1, 0.15) is 6.61 Å². The second kappa shape index (κ2) is 5.17. The zero-order chi connectivity index (χ0) is 12.1. The fourth-order valence-electron chi connectivity index (χ4n) is 1.06. The Morgan fingerprint density at radius 1 is 1.62 bits per heavy atom. The lowest BCUT2D eigenvalue weighted by molar-refractivity contribution is -0.387. The van der Waals surface area contributed by atoms with E-state index in [0.717, 1.165) is 12.1 Å². The van der Waals surface area contributed by atoms with Gasteiger partial charge < -0.3 is 10.1 Å². The molecule has 16 heavy (non-hydrogen) atoms. The highest BCUT2D eigenvalue weighted by molar-refractivity contribution is 5.91. The van der Waals surface area contributed by atoms with Crippen LogP contribution in [0, 0.1) is 15.9 Å². The van der Waals surface area contributed by atoms with E-state index in [1.54, 1.807) is 0 Å². The van der Waals surface area contributed by atoms with Gasteiger partial charge in [0.15, 0.2) is 0 Å². The fourth-order valence-corrected chi connectivity index (χ4v) is 1.06. The Balaban J connectivity index is 2.87. The van der Waals surface area contributed by atoms with Crippen molar-refractivity contribution in [2.75, 3.05) is 19.0 Å². The average Bonchev–Trinajstić information content (AvgIpc) is 2.21. The molecular formula is C9H9FN2O4. The van der Waals surface area contributed by atoms with E-state index in [0.29, 0.717) is 0 Å². The first-order chi connectivity index (χ1) is 7.54. The first-order valence-electron chi connectivity index (χ1n) is 4.27. The van der Waals surface area contributed by atoms with Gasteiger partial charge in [-0.25, -0.2) is 0 Å². The summed E-state index contributed by atoms with van der Waals surface area (Å²) in [5.74, 6) is -1.42. The number of hydrogen-bond acceptors (Lipinski definition) is 4. The second-order valence-electron chi connectivity index (χ2n) is 2.90. The molecule has 1 aromatic carbocycles. The van der Waals surface area contributed by atoms with Crippen LogP contribution in [0.1, 0.15) is 0 Å². The maximum absolute atomic E-state index is 12.9. The standard InChI is InChI=1S/C9H9FN2O4/c1-16-5-9(13)11-6-2-3-7(10)8(4-6)12(14)15/h2-4H,5H2,1H3,(H,11,13). The number of benzene rings is 1. The molecule has 1 N–H and O–H groups in total. The van der Waals surface area contributed by atoms with E-state index in [-0.39, 0.29) is 12.3 Å². The van der Waals surface area contributed by atoms with Gasteiger partial charge in [0.2, 0.25) is 11.7 Å². The SMILES string of the molecule is COCC(=O)Nc1ccc(F)c([N+](=O)[O-])c1. The Kier molecular flexibility index (Phi) is 3.90. The van der Waals surface area contributed by atoms with Crippen molar-refractivity contribution in [1.29, 1.82) is 0 Å². The van der Waals surface area contributed by atoms with Crippen LogP contribution in [0.15, 0.2) is 18.2 Å². The third-order valence-corrected chi connectivity index (χ3v) is 1.70.